The second-order valence-electron chi connectivity index (χ2n) is 7.22. The molecule has 4 nitrogen and oxygen atoms in total. The number of nitrogens with zero attached hydrogens (tertiary/aromatic N) is 1. The van der Waals surface area contributed by atoms with Crippen LogP contribution in [-0.2, 0) is 22.4 Å². The number of aryl methyl sites for hydroxylation is 2. The zero-order valence-electron chi connectivity index (χ0n) is 16.2. The molecule has 2 aromatic rings. The van der Waals surface area contributed by atoms with Gasteiger partial charge in [0, 0.05) is 24.3 Å². The van der Waals surface area contributed by atoms with Gasteiger partial charge in [-0.15, -0.1) is 0 Å². The summed E-state index contributed by atoms with van der Waals surface area (Å²) < 4.78 is 0. The summed E-state index contributed by atoms with van der Waals surface area (Å²) in [5.74, 6) is -0.394. The molecule has 1 atom stereocenters. The van der Waals surface area contributed by atoms with Gasteiger partial charge in [-0.3, -0.25) is 9.59 Å². The summed E-state index contributed by atoms with van der Waals surface area (Å²) >= 11 is 0. The Morgan fingerprint density at radius 1 is 1.04 bits per heavy atom. The van der Waals surface area contributed by atoms with Crippen molar-refractivity contribution in [2.24, 2.45) is 5.92 Å². The van der Waals surface area contributed by atoms with E-state index in [1.807, 2.05) is 36.4 Å². The predicted molar refractivity (Wildman–Crippen MR) is 110 cm³/mol. The smallest absolute Gasteiger partial charge is 0.229 e. The van der Waals surface area contributed by atoms with E-state index in [-0.39, 0.29) is 24.2 Å². The summed E-state index contributed by atoms with van der Waals surface area (Å²) in [5.41, 5.74) is 4.18. The first-order valence-corrected chi connectivity index (χ1v) is 9.89. The summed E-state index contributed by atoms with van der Waals surface area (Å²) in [6.07, 6.45) is 4.64. The quantitative estimate of drug-likeness (QED) is 0.781. The molecule has 1 aliphatic rings. The third-order valence-electron chi connectivity index (χ3n) is 5.19. The average molecular weight is 364 g/mol. The lowest BCUT2D eigenvalue weighted by atomic mass is 10.1. The summed E-state index contributed by atoms with van der Waals surface area (Å²) in [4.78, 5) is 26.7. The fourth-order valence-corrected chi connectivity index (χ4v) is 3.42. The molecular weight excluding hydrogens is 336 g/mol. The first-order valence-electron chi connectivity index (χ1n) is 9.89. The van der Waals surface area contributed by atoms with Crippen LogP contribution in [0.3, 0.4) is 0 Å². The SMILES string of the molecule is CCCCc1ccc(NC(=O)C2CC(=O)N(c3ccc(CC)cc3)C2)cc1. The van der Waals surface area contributed by atoms with Gasteiger partial charge >= 0.3 is 0 Å². The first-order chi connectivity index (χ1) is 13.1. The maximum Gasteiger partial charge on any atom is 0.229 e. The van der Waals surface area contributed by atoms with Crippen LogP contribution < -0.4 is 10.2 Å². The van der Waals surface area contributed by atoms with Crippen LogP contribution in [0.4, 0.5) is 11.4 Å². The molecular formula is C23H28N2O2. The first kappa shape index (κ1) is 19.2. The lowest BCUT2D eigenvalue weighted by Gasteiger charge is -2.17. The molecule has 3 rings (SSSR count). The van der Waals surface area contributed by atoms with Crippen molar-refractivity contribution in [1.82, 2.24) is 0 Å². The number of benzene rings is 2. The third-order valence-corrected chi connectivity index (χ3v) is 5.19. The van der Waals surface area contributed by atoms with E-state index in [2.05, 4.69) is 31.3 Å². The van der Waals surface area contributed by atoms with Crippen molar-refractivity contribution < 1.29 is 9.59 Å². The number of amides is 2. The van der Waals surface area contributed by atoms with E-state index in [9.17, 15) is 9.59 Å². The van der Waals surface area contributed by atoms with E-state index >= 15 is 0 Å². The molecule has 1 saturated heterocycles. The number of unbranched alkanes of at least 4 members (excludes halogenated alkanes) is 1. The van der Waals surface area contributed by atoms with Crippen LogP contribution in [0.15, 0.2) is 48.5 Å². The summed E-state index contributed by atoms with van der Waals surface area (Å²) in [6, 6.07) is 16.0. The number of hydrogen-bond donors (Lipinski definition) is 1. The zero-order valence-corrected chi connectivity index (χ0v) is 16.2. The van der Waals surface area contributed by atoms with Gasteiger partial charge in [-0.2, -0.15) is 0 Å². The Hall–Kier alpha value is -2.62. The standard InChI is InChI=1S/C23H28N2O2/c1-3-5-6-18-7-11-20(12-8-18)24-23(27)19-15-22(26)25(16-19)21-13-9-17(4-2)10-14-21/h7-14,19H,3-6,15-16H2,1-2H3,(H,24,27). The maximum atomic E-state index is 12.6. The predicted octanol–water partition coefficient (Wildman–Crippen LogP) is 4.58. The minimum absolute atomic E-state index is 0.00862. The molecule has 0 spiro atoms. The van der Waals surface area contributed by atoms with Gasteiger partial charge in [0.1, 0.15) is 0 Å². The Morgan fingerprint density at radius 2 is 1.70 bits per heavy atom. The number of carbonyl (C=O) groups excluding carboxylic acids is 2. The van der Waals surface area contributed by atoms with Gasteiger partial charge in [0.05, 0.1) is 5.92 Å². The molecule has 0 saturated carbocycles. The molecule has 1 aliphatic heterocycles. The molecule has 1 fully saturated rings. The topological polar surface area (TPSA) is 49.4 Å². The van der Waals surface area contributed by atoms with E-state index in [1.165, 1.54) is 24.0 Å². The van der Waals surface area contributed by atoms with Gasteiger partial charge in [-0.05, 0) is 54.7 Å². The molecule has 2 amide bonds. The fraction of sp³-hybridized carbons (Fsp3) is 0.391. The van der Waals surface area contributed by atoms with Gasteiger partial charge in [-0.1, -0.05) is 44.5 Å². The molecule has 0 radical (unpaired) electrons. The van der Waals surface area contributed by atoms with E-state index in [1.54, 1.807) is 4.90 Å². The number of hydrogen-bond acceptors (Lipinski definition) is 2. The van der Waals surface area contributed by atoms with Crippen LogP contribution >= 0.6 is 0 Å². The summed E-state index contributed by atoms with van der Waals surface area (Å²) in [6.45, 7) is 4.72. The van der Waals surface area contributed by atoms with Gasteiger partial charge in [0.25, 0.3) is 0 Å². The lowest BCUT2D eigenvalue weighted by molar-refractivity contribution is -0.122. The highest BCUT2D eigenvalue weighted by atomic mass is 16.2. The van der Waals surface area contributed by atoms with E-state index in [4.69, 9.17) is 0 Å². The Balaban J connectivity index is 1.59. The van der Waals surface area contributed by atoms with Crippen molar-refractivity contribution in [1.29, 1.82) is 0 Å². The van der Waals surface area contributed by atoms with Gasteiger partial charge in [0.15, 0.2) is 0 Å². The molecule has 1 heterocycles. The van der Waals surface area contributed by atoms with Crippen LogP contribution in [0.1, 0.15) is 44.2 Å². The summed E-state index contributed by atoms with van der Waals surface area (Å²) in [7, 11) is 0. The molecule has 0 aliphatic carbocycles. The molecule has 27 heavy (non-hydrogen) atoms. The molecule has 0 bridgehead atoms. The van der Waals surface area contributed by atoms with Crippen LogP contribution in [0.5, 0.6) is 0 Å². The van der Waals surface area contributed by atoms with Crippen molar-refractivity contribution >= 4 is 23.2 Å². The highest BCUT2D eigenvalue weighted by Crippen LogP contribution is 2.26. The third kappa shape index (κ3) is 4.76. The molecule has 4 heteroatoms. The van der Waals surface area contributed by atoms with Crippen molar-refractivity contribution in [3.8, 4) is 0 Å². The normalized spacial score (nSPS) is 16.6. The number of nitrogens with one attached hydrogen (secondary N) is 1. The molecule has 1 unspecified atom stereocenters. The Kier molecular flexibility index (Phi) is 6.28. The second-order valence-corrected chi connectivity index (χ2v) is 7.22. The Bertz CT molecular complexity index is 781. The number of rotatable bonds is 7. The van der Waals surface area contributed by atoms with Crippen LogP contribution in [0.25, 0.3) is 0 Å². The molecule has 1 N–H and O–H groups in total. The van der Waals surface area contributed by atoms with Crippen molar-refractivity contribution in [3.63, 3.8) is 0 Å². The minimum Gasteiger partial charge on any atom is -0.326 e. The minimum atomic E-state index is -0.317. The van der Waals surface area contributed by atoms with Crippen LogP contribution in [-0.4, -0.2) is 18.4 Å². The van der Waals surface area contributed by atoms with Crippen LogP contribution in [0.2, 0.25) is 0 Å². The lowest BCUT2D eigenvalue weighted by Crippen LogP contribution is -2.28. The van der Waals surface area contributed by atoms with Crippen molar-refractivity contribution in [2.45, 2.75) is 46.0 Å². The van der Waals surface area contributed by atoms with Crippen molar-refractivity contribution in [2.75, 3.05) is 16.8 Å². The van der Waals surface area contributed by atoms with Gasteiger partial charge in [0.2, 0.25) is 11.8 Å². The highest BCUT2D eigenvalue weighted by Gasteiger charge is 2.35. The van der Waals surface area contributed by atoms with Crippen LogP contribution in [0, 0.1) is 5.92 Å². The summed E-state index contributed by atoms with van der Waals surface area (Å²) in [5, 5.41) is 2.96. The Morgan fingerprint density at radius 3 is 2.33 bits per heavy atom. The van der Waals surface area contributed by atoms with E-state index in [0.29, 0.717) is 6.54 Å². The monoisotopic (exact) mass is 364 g/mol. The highest BCUT2D eigenvalue weighted by molar-refractivity contribution is 6.03. The molecule has 142 valence electrons. The molecule has 2 aromatic carbocycles. The Labute approximate surface area is 161 Å². The fourth-order valence-electron chi connectivity index (χ4n) is 3.42. The number of carbonyl (C=O) groups is 2. The number of anilines is 2. The van der Waals surface area contributed by atoms with E-state index in [0.717, 1.165) is 24.2 Å². The molecule has 0 aromatic heterocycles. The maximum absolute atomic E-state index is 12.6. The van der Waals surface area contributed by atoms with Crippen molar-refractivity contribution in [3.05, 3.63) is 59.7 Å². The zero-order chi connectivity index (χ0) is 19.2. The average Bonchev–Trinajstić information content (AvgIpc) is 3.09. The van der Waals surface area contributed by atoms with Gasteiger partial charge < -0.3 is 10.2 Å². The van der Waals surface area contributed by atoms with Gasteiger partial charge in [-0.25, -0.2) is 0 Å². The largest absolute Gasteiger partial charge is 0.326 e. The van der Waals surface area contributed by atoms with E-state index < -0.39 is 0 Å². The second kappa shape index (κ2) is 8.85.